The molecule has 11 heteroatoms. The molecule has 0 radical (unpaired) electrons. The van der Waals surface area contributed by atoms with Crippen LogP contribution in [0.4, 0.5) is 25.0 Å². The Morgan fingerprint density at radius 1 is 1.12 bits per heavy atom. The number of nitrogens with zero attached hydrogens (tertiary/aromatic N) is 4. The van der Waals surface area contributed by atoms with Gasteiger partial charge in [-0.3, -0.25) is 14.4 Å². The first kappa shape index (κ1) is 29.5. The molecule has 1 saturated carbocycles. The van der Waals surface area contributed by atoms with E-state index in [1.54, 1.807) is 44.6 Å². The van der Waals surface area contributed by atoms with E-state index in [1.807, 2.05) is 18.2 Å². The van der Waals surface area contributed by atoms with Gasteiger partial charge < -0.3 is 15.0 Å². The lowest BCUT2D eigenvalue weighted by Crippen LogP contribution is -2.39. The van der Waals surface area contributed by atoms with Crippen LogP contribution >= 0.6 is 22.6 Å². The van der Waals surface area contributed by atoms with Crippen LogP contribution in [0, 0.1) is 8.99 Å². The first-order valence-corrected chi connectivity index (χ1v) is 15.0. The van der Waals surface area contributed by atoms with Crippen molar-refractivity contribution in [2.75, 3.05) is 29.9 Å². The Kier molecular flexibility index (Phi) is 8.19. The number of fused-ring (bicyclic) bond motifs is 1. The predicted octanol–water partition coefficient (Wildman–Crippen LogP) is 6.81. The lowest BCUT2D eigenvalue weighted by Gasteiger charge is -2.35. The van der Waals surface area contributed by atoms with E-state index in [2.05, 4.69) is 44.0 Å². The zero-order valence-electron chi connectivity index (χ0n) is 23.8. The van der Waals surface area contributed by atoms with Crippen molar-refractivity contribution >= 4 is 56.9 Å². The van der Waals surface area contributed by atoms with Gasteiger partial charge in [-0.25, -0.2) is 13.6 Å². The second kappa shape index (κ2) is 11.4. The molecule has 1 aromatic heterocycles. The monoisotopic (exact) mass is 679 g/mol. The molecule has 1 aliphatic carbocycles. The number of ether oxygens (including phenoxy) is 1. The van der Waals surface area contributed by atoms with Gasteiger partial charge in [0.2, 0.25) is 0 Å². The molecular formula is C30H36F2IN5O3. The maximum absolute atomic E-state index is 13.6. The van der Waals surface area contributed by atoms with Gasteiger partial charge in [-0.1, -0.05) is 0 Å². The number of nitrogens with one attached hydrogen (secondary N) is 1. The second-order valence-corrected chi connectivity index (χ2v) is 13.4. The molecule has 1 spiro atoms. The highest BCUT2D eigenvalue weighted by Crippen LogP contribution is 2.54. The number of hydrogen-bond acceptors (Lipinski definition) is 5. The van der Waals surface area contributed by atoms with E-state index < -0.39 is 24.7 Å². The molecule has 0 atom stereocenters. The number of hydrogen-bond donors (Lipinski definition) is 1. The molecule has 5 rings (SSSR count). The molecule has 8 nitrogen and oxygen atoms in total. The minimum absolute atomic E-state index is 0.161. The van der Waals surface area contributed by atoms with Gasteiger partial charge in [-0.2, -0.15) is 5.10 Å². The predicted molar refractivity (Wildman–Crippen MR) is 164 cm³/mol. The molecule has 2 fully saturated rings. The van der Waals surface area contributed by atoms with Gasteiger partial charge in [-0.05, 0) is 111 Å². The van der Waals surface area contributed by atoms with Gasteiger partial charge in [0.25, 0.3) is 12.3 Å². The summed E-state index contributed by atoms with van der Waals surface area (Å²) in [5.41, 5.74) is 2.98. The highest BCUT2D eigenvalue weighted by molar-refractivity contribution is 14.1. The molecule has 1 aliphatic heterocycles. The largest absolute Gasteiger partial charge is 0.444 e. The number of halogens is 3. The minimum atomic E-state index is -2.73. The topological polar surface area (TPSA) is 79.7 Å². The fourth-order valence-corrected chi connectivity index (χ4v) is 5.94. The van der Waals surface area contributed by atoms with Crippen LogP contribution in [-0.4, -0.2) is 58.3 Å². The molecule has 1 saturated heterocycles. The Bertz CT molecular complexity index is 1450. The lowest BCUT2D eigenvalue weighted by atomic mass is 9.93. The summed E-state index contributed by atoms with van der Waals surface area (Å²) in [6, 6.07) is 11.3. The minimum Gasteiger partial charge on any atom is -0.444 e. The molecule has 220 valence electrons. The summed E-state index contributed by atoms with van der Waals surface area (Å²) in [6.45, 7) is 6.00. The Morgan fingerprint density at radius 2 is 1.83 bits per heavy atom. The van der Waals surface area contributed by atoms with Gasteiger partial charge in [-0.15, -0.1) is 0 Å². The molecule has 2 heterocycles. The van der Waals surface area contributed by atoms with Crippen molar-refractivity contribution in [3.8, 4) is 0 Å². The van der Waals surface area contributed by atoms with E-state index in [1.165, 1.54) is 12.8 Å². The number of amides is 2. The number of aromatic nitrogens is 2. The Hall–Kier alpha value is -2.96. The van der Waals surface area contributed by atoms with Crippen molar-refractivity contribution in [1.29, 1.82) is 0 Å². The van der Waals surface area contributed by atoms with E-state index in [0.717, 1.165) is 45.6 Å². The third-order valence-corrected chi connectivity index (χ3v) is 8.53. The number of benzene rings is 2. The second-order valence-electron chi connectivity index (χ2n) is 12.2. The molecule has 0 unspecified atom stereocenters. The molecule has 0 bridgehead atoms. The zero-order valence-corrected chi connectivity index (χ0v) is 26.0. The van der Waals surface area contributed by atoms with Crippen LogP contribution in [0.3, 0.4) is 0 Å². The smallest absolute Gasteiger partial charge is 0.410 e. The Balaban J connectivity index is 1.38. The van der Waals surface area contributed by atoms with Crippen LogP contribution in [0.15, 0.2) is 36.4 Å². The molecule has 2 aliphatic rings. The fourth-order valence-electron chi connectivity index (χ4n) is 5.47. The van der Waals surface area contributed by atoms with E-state index in [9.17, 15) is 18.4 Å². The Labute approximate surface area is 252 Å². The van der Waals surface area contributed by atoms with Crippen molar-refractivity contribution < 1.29 is 23.1 Å². The maximum Gasteiger partial charge on any atom is 0.410 e. The summed E-state index contributed by atoms with van der Waals surface area (Å²) < 4.78 is 34.8. The van der Waals surface area contributed by atoms with E-state index in [0.29, 0.717) is 27.7 Å². The standard InChI is InChI=1S/C30H36F2IN5O3/c1-29(2,3)41-28(40)38(18-26(31)32)17-23-22-16-20(6-8-24(22)36(4)35-23)34-27(39)21-7-5-19(33)15-25(21)37-13-11-30(9-10-30)12-14-37/h5-8,15-16,26H,9-14,17-18H2,1-4H3,(H,34,39). The van der Waals surface area contributed by atoms with Crippen molar-refractivity contribution in [1.82, 2.24) is 14.7 Å². The summed E-state index contributed by atoms with van der Waals surface area (Å²) in [7, 11) is 1.75. The van der Waals surface area contributed by atoms with E-state index in [4.69, 9.17) is 4.74 Å². The van der Waals surface area contributed by atoms with Crippen molar-refractivity contribution in [3.63, 3.8) is 0 Å². The van der Waals surface area contributed by atoms with Gasteiger partial charge in [0.15, 0.2) is 0 Å². The van der Waals surface area contributed by atoms with Crippen LogP contribution in [0.5, 0.6) is 0 Å². The molecule has 1 N–H and O–H groups in total. The van der Waals surface area contributed by atoms with E-state index >= 15 is 0 Å². The number of carbonyl (C=O) groups excluding carboxylic acids is 2. The molecule has 2 aromatic carbocycles. The van der Waals surface area contributed by atoms with Gasteiger partial charge >= 0.3 is 6.09 Å². The lowest BCUT2D eigenvalue weighted by molar-refractivity contribution is 0.00795. The number of piperidine rings is 1. The summed E-state index contributed by atoms with van der Waals surface area (Å²) in [4.78, 5) is 29.6. The van der Waals surface area contributed by atoms with E-state index in [-0.39, 0.29) is 12.5 Å². The van der Waals surface area contributed by atoms with Crippen LogP contribution in [0.25, 0.3) is 10.9 Å². The average Bonchev–Trinajstić information content (AvgIpc) is 3.57. The first-order chi connectivity index (χ1) is 19.3. The highest BCUT2D eigenvalue weighted by atomic mass is 127. The summed E-state index contributed by atoms with van der Waals surface area (Å²) >= 11 is 2.28. The third kappa shape index (κ3) is 6.92. The zero-order chi connectivity index (χ0) is 29.5. The van der Waals surface area contributed by atoms with Crippen molar-refractivity contribution in [2.24, 2.45) is 12.5 Å². The molecule has 2 amide bonds. The molecular weight excluding hydrogens is 643 g/mol. The van der Waals surface area contributed by atoms with Crippen LogP contribution in [0.1, 0.15) is 62.5 Å². The van der Waals surface area contributed by atoms with Crippen molar-refractivity contribution in [2.45, 2.75) is 65.0 Å². The first-order valence-electron chi connectivity index (χ1n) is 13.9. The number of rotatable bonds is 7. The van der Waals surface area contributed by atoms with Crippen molar-refractivity contribution in [3.05, 3.63) is 51.2 Å². The quantitative estimate of drug-likeness (QED) is 0.278. The Morgan fingerprint density at radius 3 is 2.46 bits per heavy atom. The maximum atomic E-state index is 13.6. The fraction of sp³-hybridized carbons (Fsp3) is 0.500. The summed E-state index contributed by atoms with van der Waals surface area (Å²) in [5, 5.41) is 8.18. The van der Waals surface area contributed by atoms with Crippen LogP contribution in [-0.2, 0) is 18.3 Å². The molecule has 41 heavy (non-hydrogen) atoms. The number of aryl methyl sites for hydroxylation is 1. The third-order valence-electron chi connectivity index (χ3n) is 7.86. The number of alkyl halides is 2. The normalized spacial score (nSPS) is 16.3. The summed E-state index contributed by atoms with van der Waals surface area (Å²) in [6.07, 6.45) is 1.38. The SMILES string of the molecule is Cn1nc(CN(CC(F)F)C(=O)OC(C)(C)C)c2cc(NC(=O)c3ccc(I)cc3N3CCC4(CC3)CC4)ccc21. The number of anilines is 2. The highest BCUT2D eigenvalue weighted by Gasteiger charge is 2.44. The van der Waals surface area contributed by atoms with Gasteiger partial charge in [0.05, 0.1) is 35.6 Å². The van der Waals surface area contributed by atoms with Crippen LogP contribution < -0.4 is 10.2 Å². The number of carbonyl (C=O) groups is 2. The van der Waals surface area contributed by atoms with Crippen LogP contribution in [0.2, 0.25) is 0 Å². The average molecular weight is 680 g/mol. The summed E-state index contributed by atoms with van der Waals surface area (Å²) in [5.74, 6) is -0.221. The van der Waals surface area contributed by atoms with Gasteiger partial charge in [0.1, 0.15) is 5.60 Å². The van der Waals surface area contributed by atoms with Gasteiger partial charge in [0, 0.05) is 34.8 Å². The molecule has 3 aromatic rings.